The average Bonchev–Trinajstić information content (AvgIpc) is 2.36. The lowest BCUT2D eigenvalue weighted by molar-refractivity contribution is -0.124. The van der Waals surface area contributed by atoms with Gasteiger partial charge in [0.15, 0.2) is 0 Å². The summed E-state index contributed by atoms with van der Waals surface area (Å²) >= 11 is 0. The number of rotatable bonds is 1. The van der Waals surface area contributed by atoms with Crippen LogP contribution in [0.2, 0.25) is 0 Å². The van der Waals surface area contributed by atoms with Crippen molar-refractivity contribution in [2.75, 3.05) is 14.1 Å². The van der Waals surface area contributed by atoms with Gasteiger partial charge in [-0.3, -0.25) is 4.79 Å². The molecule has 0 aromatic carbocycles. The third kappa shape index (κ3) is 1.17. The molecule has 2 heteroatoms. The first-order valence-electron chi connectivity index (χ1n) is 3.07. The van der Waals surface area contributed by atoms with Crippen LogP contribution in [0.4, 0.5) is 0 Å². The highest BCUT2D eigenvalue weighted by atomic mass is 16.2. The molecule has 0 aromatic heterocycles. The average molecular weight is 135 g/mol. The molecule has 0 atom stereocenters. The van der Waals surface area contributed by atoms with E-state index < -0.39 is 0 Å². The number of hydrogen-bond donors (Lipinski definition) is 0. The molecule has 0 saturated carbocycles. The van der Waals surface area contributed by atoms with Crippen LogP contribution in [-0.2, 0) is 4.79 Å². The summed E-state index contributed by atoms with van der Waals surface area (Å²) in [6.45, 7) is 0. The van der Waals surface area contributed by atoms with Gasteiger partial charge in [-0.2, -0.15) is 0 Å². The zero-order chi connectivity index (χ0) is 7.56. The third-order valence-electron chi connectivity index (χ3n) is 1.23. The number of allylic oxidation sites excluding steroid dienone is 1. The second-order valence-corrected chi connectivity index (χ2v) is 2.28. The van der Waals surface area contributed by atoms with Crippen LogP contribution in [-0.4, -0.2) is 24.9 Å². The zero-order valence-corrected chi connectivity index (χ0v) is 6.09. The van der Waals surface area contributed by atoms with Crippen LogP contribution in [0.15, 0.2) is 29.5 Å². The molecule has 0 radical (unpaired) electrons. The number of carbonyl (C=O) groups excluding carboxylic acids is 1. The van der Waals surface area contributed by atoms with Gasteiger partial charge in [-0.25, -0.2) is 0 Å². The van der Waals surface area contributed by atoms with Crippen molar-refractivity contribution in [3.8, 4) is 0 Å². The van der Waals surface area contributed by atoms with Crippen molar-refractivity contribution in [3.63, 3.8) is 0 Å². The largest absolute Gasteiger partial charge is 0.344 e. The number of nitrogens with zero attached hydrogens (tertiary/aromatic N) is 1. The van der Waals surface area contributed by atoms with Crippen LogP contribution < -0.4 is 0 Å². The molecule has 0 spiro atoms. The van der Waals surface area contributed by atoms with Crippen LogP contribution in [0.1, 0.15) is 0 Å². The molecule has 52 valence electrons. The van der Waals surface area contributed by atoms with Crippen molar-refractivity contribution >= 4 is 5.91 Å². The third-order valence-corrected chi connectivity index (χ3v) is 1.23. The maximum absolute atomic E-state index is 11.1. The first kappa shape index (κ1) is 6.84. The second-order valence-electron chi connectivity index (χ2n) is 2.28. The Bertz CT molecular complexity index is 242. The predicted molar refractivity (Wildman–Crippen MR) is 39.4 cm³/mol. The van der Waals surface area contributed by atoms with Crippen molar-refractivity contribution < 1.29 is 4.79 Å². The Balaban J connectivity index is 2.77. The van der Waals surface area contributed by atoms with Crippen molar-refractivity contribution in [3.05, 3.63) is 29.5 Å². The fourth-order valence-electron chi connectivity index (χ4n) is 0.704. The van der Waals surface area contributed by atoms with E-state index in [1.165, 1.54) is 4.90 Å². The van der Waals surface area contributed by atoms with E-state index in [4.69, 9.17) is 0 Å². The molecule has 1 aliphatic carbocycles. The van der Waals surface area contributed by atoms with E-state index >= 15 is 0 Å². The summed E-state index contributed by atoms with van der Waals surface area (Å²) in [7, 11) is 3.45. The molecule has 0 heterocycles. The van der Waals surface area contributed by atoms with Crippen LogP contribution in [0.25, 0.3) is 0 Å². The minimum absolute atomic E-state index is 0.00463. The summed E-state index contributed by atoms with van der Waals surface area (Å²) in [5.41, 5.74) is 3.46. The second kappa shape index (κ2) is 2.54. The van der Waals surface area contributed by atoms with E-state index in [1.54, 1.807) is 32.3 Å². The lowest BCUT2D eigenvalue weighted by Gasteiger charge is -2.07. The van der Waals surface area contributed by atoms with Gasteiger partial charge in [-0.1, -0.05) is 6.08 Å². The Kier molecular flexibility index (Phi) is 1.74. The Hall–Kier alpha value is -1.27. The van der Waals surface area contributed by atoms with E-state index in [2.05, 4.69) is 5.73 Å². The van der Waals surface area contributed by atoms with Crippen LogP contribution in [0, 0.1) is 0 Å². The van der Waals surface area contributed by atoms with Gasteiger partial charge in [-0.05, 0) is 12.2 Å². The molecule has 10 heavy (non-hydrogen) atoms. The van der Waals surface area contributed by atoms with Crippen LogP contribution >= 0.6 is 0 Å². The van der Waals surface area contributed by atoms with Gasteiger partial charge in [0, 0.05) is 14.1 Å². The van der Waals surface area contributed by atoms with Crippen LogP contribution in [0.5, 0.6) is 0 Å². The highest BCUT2D eigenvalue weighted by Crippen LogP contribution is 2.03. The summed E-state index contributed by atoms with van der Waals surface area (Å²) in [6, 6.07) is 0. The fraction of sp³-hybridized carbons (Fsp3) is 0.250. The van der Waals surface area contributed by atoms with E-state index in [-0.39, 0.29) is 5.91 Å². The summed E-state index contributed by atoms with van der Waals surface area (Å²) in [4.78, 5) is 12.6. The smallest absolute Gasteiger partial charge is 0.261 e. The number of hydrogen-bond acceptors (Lipinski definition) is 1. The van der Waals surface area contributed by atoms with Gasteiger partial charge >= 0.3 is 0 Å². The normalized spacial score (nSPS) is 13.6. The van der Waals surface area contributed by atoms with Crippen molar-refractivity contribution in [2.24, 2.45) is 0 Å². The molecule has 0 aliphatic heterocycles. The summed E-state index contributed by atoms with van der Waals surface area (Å²) < 4.78 is 0. The molecule has 0 N–H and O–H groups in total. The minimum atomic E-state index is 0.00463. The SMILES string of the molecule is CN(C)C(=O)C1=C=CC=C1. The lowest BCUT2D eigenvalue weighted by Crippen LogP contribution is -2.22. The van der Waals surface area contributed by atoms with Gasteiger partial charge in [0.1, 0.15) is 0 Å². The molecule has 1 amide bonds. The van der Waals surface area contributed by atoms with Gasteiger partial charge < -0.3 is 4.90 Å². The summed E-state index contributed by atoms with van der Waals surface area (Å²) in [5, 5.41) is 0. The first-order chi connectivity index (χ1) is 4.72. The minimum Gasteiger partial charge on any atom is -0.344 e. The van der Waals surface area contributed by atoms with Crippen molar-refractivity contribution in [2.45, 2.75) is 0 Å². The Labute approximate surface area is 60.1 Å². The van der Waals surface area contributed by atoms with Gasteiger partial charge in [0.2, 0.25) is 0 Å². The fourth-order valence-corrected chi connectivity index (χ4v) is 0.704. The van der Waals surface area contributed by atoms with Gasteiger partial charge in [0.05, 0.1) is 5.57 Å². The van der Waals surface area contributed by atoms with E-state index in [0.29, 0.717) is 5.57 Å². The maximum Gasteiger partial charge on any atom is 0.261 e. The van der Waals surface area contributed by atoms with E-state index in [0.717, 1.165) is 0 Å². The molecule has 0 saturated heterocycles. The monoisotopic (exact) mass is 135 g/mol. The summed E-state index contributed by atoms with van der Waals surface area (Å²) in [5.74, 6) is 0.00463. The topological polar surface area (TPSA) is 20.3 Å². The Morgan fingerprint density at radius 3 is 2.70 bits per heavy atom. The van der Waals surface area contributed by atoms with E-state index in [1.807, 2.05) is 0 Å². The van der Waals surface area contributed by atoms with Crippen LogP contribution in [0.3, 0.4) is 0 Å². The zero-order valence-electron chi connectivity index (χ0n) is 6.09. The number of carbonyl (C=O) groups is 1. The molecular weight excluding hydrogens is 126 g/mol. The molecule has 0 unspecified atom stereocenters. The number of amides is 1. The van der Waals surface area contributed by atoms with Gasteiger partial charge in [-0.15, -0.1) is 5.73 Å². The molecule has 0 aromatic rings. The molecular formula is C8H9NO. The molecule has 2 nitrogen and oxygen atoms in total. The molecule has 1 rings (SSSR count). The Morgan fingerprint density at radius 1 is 1.60 bits per heavy atom. The number of likely N-dealkylation sites (N-methyl/N-ethyl adjacent to an activating group) is 1. The van der Waals surface area contributed by atoms with E-state index in [9.17, 15) is 4.79 Å². The quantitative estimate of drug-likeness (QED) is 0.485. The van der Waals surface area contributed by atoms with Crippen molar-refractivity contribution in [1.82, 2.24) is 4.90 Å². The molecule has 0 bridgehead atoms. The maximum atomic E-state index is 11.1. The molecule has 1 aliphatic rings. The Morgan fingerprint density at radius 2 is 2.30 bits per heavy atom. The van der Waals surface area contributed by atoms with Gasteiger partial charge in [0.25, 0.3) is 5.91 Å². The molecule has 0 fully saturated rings. The first-order valence-corrected chi connectivity index (χ1v) is 3.07. The van der Waals surface area contributed by atoms with Crippen molar-refractivity contribution in [1.29, 1.82) is 0 Å². The lowest BCUT2D eigenvalue weighted by atomic mass is 10.3. The summed E-state index contributed by atoms with van der Waals surface area (Å²) in [6.07, 6.45) is 5.29. The highest BCUT2D eigenvalue weighted by Gasteiger charge is 2.08. The predicted octanol–water partition coefficient (Wildman–Crippen LogP) is 0.726. The highest BCUT2D eigenvalue weighted by molar-refractivity contribution is 5.96. The standard InChI is InChI=1S/C8H9NO/c1-9(2)8(10)7-5-3-4-6-7/h3-5H,1-2H3.